The van der Waals surface area contributed by atoms with Crippen LogP contribution in [-0.4, -0.2) is 40.3 Å². The molecule has 0 saturated heterocycles. The maximum atomic E-state index is 12.3. The molecule has 1 amide bonds. The number of benzene rings is 2. The first-order valence-corrected chi connectivity index (χ1v) is 11.8. The molecular weight excluding hydrogens is 424 g/mol. The number of halogens is 1. The largest absolute Gasteiger partial charge is 0.492 e. The van der Waals surface area contributed by atoms with Crippen LogP contribution in [-0.2, 0) is 20.2 Å². The van der Waals surface area contributed by atoms with Gasteiger partial charge in [0.05, 0.1) is 18.5 Å². The lowest BCUT2D eigenvalue weighted by Crippen LogP contribution is -2.41. The monoisotopic (exact) mass is 452 g/mol. The summed E-state index contributed by atoms with van der Waals surface area (Å²) in [7, 11) is -3.64. The summed E-state index contributed by atoms with van der Waals surface area (Å²) in [6.07, 6.45) is 1.07. The van der Waals surface area contributed by atoms with E-state index in [1.807, 2.05) is 24.3 Å². The third kappa shape index (κ3) is 6.92. The lowest BCUT2D eigenvalue weighted by molar-refractivity contribution is -0.119. The molecule has 0 fully saturated rings. The molecule has 0 heterocycles. The minimum Gasteiger partial charge on any atom is -0.492 e. The zero-order valence-corrected chi connectivity index (χ0v) is 19.6. The van der Waals surface area contributed by atoms with Crippen molar-refractivity contribution in [3.05, 3.63) is 58.6 Å². The summed E-state index contributed by atoms with van der Waals surface area (Å²) in [6.45, 7) is 8.39. The highest BCUT2D eigenvalue weighted by atomic mass is 35.5. The van der Waals surface area contributed by atoms with E-state index in [9.17, 15) is 13.2 Å². The van der Waals surface area contributed by atoms with E-state index >= 15 is 0 Å². The van der Waals surface area contributed by atoms with Gasteiger partial charge in [-0.3, -0.25) is 9.10 Å². The Morgan fingerprint density at radius 3 is 2.30 bits per heavy atom. The van der Waals surface area contributed by atoms with Gasteiger partial charge in [0, 0.05) is 5.02 Å². The molecule has 164 valence electrons. The zero-order chi connectivity index (χ0) is 22.5. The SMILES string of the molecule is Cc1cc(Cl)ccc1N(CC(=O)NCCOc1ccc(C(C)(C)C)cc1)S(C)(=O)=O. The average molecular weight is 453 g/mol. The van der Waals surface area contributed by atoms with Gasteiger partial charge in [0.15, 0.2) is 0 Å². The number of sulfonamides is 1. The average Bonchev–Trinajstić information content (AvgIpc) is 2.63. The Hall–Kier alpha value is -2.25. The fraction of sp³-hybridized carbons (Fsp3) is 0.409. The van der Waals surface area contributed by atoms with Gasteiger partial charge in [0.25, 0.3) is 0 Å². The third-order valence-corrected chi connectivity index (χ3v) is 5.89. The molecular formula is C22H29ClN2O4S. The number of carbonyl (C=O) groups is 1. The highest BCUT2D eigenvalue weighted by molar-refractivity contribution is 7.92. The number of carbonyl (C=O) groups excluding carboxylic acids is 1. The summed E-state index contributed by atoms with van der Waals surface area (Å²) in [6, 6.07) is 12.7. The molecule has 0 aliphatic rings. The molecule has 2 aromatic rings. The quantitative estimate of drug-likeness (QED) is 0.616. The second kappa shape index (κ2) is 9.71. The molecule has 0 unspecified atom stereocenters. The van der Waals surface area contributed by atoms with Crippen molar-refractivity contribution in [2.75, 3.05) is 30.3 Å². The maximum absolute atomic E-state index is 12.3. The van der Waals surface area contributed by atoms with Crippen molar-refractivity contribution in [1.82, 2.24) is 5.32 Å². The number of hydrogen-bond donors (Lipinski definition) is 1. The predicted molar refractivity (Wildman–Crippen MR) is 122 cm³/mol. The Morgan fingerprint density at radius 1 is 1.13 bits per heavy atom. The van der Waals surface area contributed by atoms with Crippen LogP contribution < -0.4 is 14.4 Å². The summed E-state index contributed by atoms with van der Waals surface area (Å²) < 4.78 is 31.1. The summed E-state index contributed by atoms with van der Waals surface area (Å²) in [5.74, 6) is 0.299. The molecule has 0 atom stereocenters. The van der Waals surface area contributed by atoms with Crippen LogP contribution in [0.5, 0.6) is 5.75 Å². The molecule has 1 N–H and O–H groups in total. The third-order valence-electron chi connectivity index (χ3n) is 4.53. The van der Waals surface area contributed by atoms with Crippen LogP contribution in [0.25, 0.3) is 0 Å². The topological polar surface area (TPSA) is 75.7 Å². The van der Waals surface area contributed by atoms with Crippen molar-refractivity contribution in [3.8, 4) is 5.75 Å². The molecule has 30 heavy (non-hydrogen) atoms. The molecule has 0 spiro atoms. The number of nitrogens with one attached hydrogen (secondary N) is 1. The second-order valence-electron chi connectivity index (χ2n) is 8.17. The molecule has 0 aliphatic carbocycles. The van der Waals surface area contributed by atoms with Gasteiger partial charge in [0.1, 0.15) is 18.9 Å². The summed E-state index contributed by atoms with van der Waals surface area (Å²) in [4.78, 5) is 12.3. The van der Waals surface area contributed by atoms with Crippen LogP contribution >= 0.6 is 11.6 Å². The molecule has 2 rings (SSSR count). The van der Waals surface area contributed by atoms with Crippen LogP contribution in [0.15, 0.2) is 42.5 Å². The summed E-state index contributed by atoms with van der Waals surface area (Å²) >= 11 is 5.95. The Kier molecular flexibility index (Phi) is 7.77. The highest BCUT2D eigenvalue weighted by Crippen LogP contribution is 2.26. The van der Waals surface area contributed by atoms with Crippen LogP contribution in [0.3, 0.4) is 0 Å². The van der Waals surface area contributed by atoms with Gasteiger partial charge in [0.2, 0.25) is 15.9 Å². The zero-order valence-electron chi connectivity index (χ0n) is 18.0. The van der Waals surface area contributed by atoms with Gasteiger partial charge < -0.3 is 10.1 Å². The first kappa shape index (κ1) is 24.0. The van der Waals surface area contributed by atoms with E-state index in [-0.39, 0.29) is 25.1 Å². The van der Waals surface area contributed by atoms with Gasteiger partial charge in [-0.05, 0) is 53.8 Å². The van der Waals surface area contributed by atoms with E-state index < -0.39 is 15.9 Å². The normalized spacial score (nSPS) is 11.8. The Bertz CT molecular complexity index is 983. The molecule has 0 aliphatic heterocycles. The molecule has 6 nitrogen and oxygen atoms in total. The van der Waals surface area contributed by atoms with E-state index in [0.717, 1.165) is 10.6 Å². The van der Waals surface area contributed by atoms with Crippen LogP contribution in [0.2, 0.25) is 5.02 Å². The molecule has 0 bridgehead atoms. The van der Waals surface area contributed by atoms with E-state index in [2.05, 4.69) is 26.1 Å². The van der Waals surface area contributed by atoms with Crippen LogP contribution in [0.1, 0.15) is 31.9 Å². The number of aryl methyl sites for hydroxylation is 1. The maximum Gasteiger partial charge on any atom is 0.240 e. The van der Waals surface area contributed by atoms with Crippen molar-refractivity contribution in [2.45, 2.75) is 33.1 Å². The molecule has 2 aromatic carbocycles. The number of amides is 1. The first-order chi connectivity index (χ1) is 13.9. The van der Waals surface area contributed by atoms with Crippen molar-refractivity contribution in [2.24, 2.45) is 0 Å². The highest BCUT2D eigenvalue weighted by Gasteiger charge is 2.22. The van der Waals surface area contributed by atoms with Gasteiger partial charge in [-0.15, -0.1) is 0 Å². The number of nitrogens with zero attached hydrogens (tertiary/aromatic N) is 1. The fourth-order valence-corrected chi connectivity index (χ4v) is 4.02. The Labute approximate surface area is 184 Å². The van der Waals surface area contributed by atoms with Gasteiger partial charge in [-0.25, -0.2) is 8.42 Å². The van der Waals surface area contributed by atoms with E-state index in [1.165, 1.54) is 5.56 Å². The number of hydrogen-bond acceptors (Lipinski definition) is 4. The fourth-order valence-electron chi connectivity index (χ4n) is 2.88. The Morgan fingerprint density at radius 2 is 1.77 bits per heavy atom. The van der Waals surface area contributed by atoms with Gasteiger partial charge in [-0.2, -0.15) is 0 Å². The van der Waals surface area contributed by atoms with Crippen molar-refractivity contribution in [3.63, 3.8) is 0 Å². The van der Waals surface area contributed by atoms with E-state index in [4.69, 9.17) is 16.3 Å². The lowest BCUT2D eigenvalue weighted by Gasteiger charge is -2.23. The smallest absolute Gasteiger partial charge is 0.240 e. The summed E-state index contributed by atoms with van der Waals surface area (Å²) in [5, 5.41) is 3.20. The minimum atomic E-state index is -3.64. The van der Waals surface area contributed by atoms with Crippen LogP contribution in [0, 0.1) is 6.92 Å². The number of rotatable bonds is 8. The Balaban J connectivity index is 1.90. The number of ether oxygens (including phenoxy) is 1. The second-order valence-corrected chi connectivity index (χ2v) is 10.5. The van der Waals surface area contributed by atoms with Crippen molar-refractivity contribution < 1.29 is 17.9 Å². The molecule has 0 radical (unpaired) electrons. The number of anilines is 1. The van der Waals surface area contributed by atoms with E-state index in [0.29, 0.717) is 22.0 Å². The standard InChI is InChI=1S/C22H29ClN2O4S/c1-16-14-18(23)8-11-20(16)25(30(5,27)28)15-21(26)24-12-13-29-19-9-6-17(7-10-19)22(2,3)4/h6-11,14H,12-13,15H2,1-5H3,(H,24,26). The predicted octanol–water partition coefficient (Wildman–Crippen LogP) is 3.91. The van der Waals surface area contributed by atoms with Crippen molar-refractivity contribution >= 4 is 33.2 Å². The lowest BCUT2D eigenvalue weighted by atomic mass is 9.87. The van der Waals surface area contributed by atoms with Gasteiger partial charge >= 0.3 is 0 Å². The molecule has 0 saturated carbocycles. The molecule has 8 heteroatoms. The summed E-state index contributed by atoms with van der Waals surface area (Å²) in [5.41, 5.74) is 2.37. The van der Waals surface area contributed by atoms with Crippen LogP contribution in [0.4, 0.5) is 5.69 Å². The molecule has 0 aromatic heterocycles. The van der Waals surface area contributed by atoms with Gasteiger partial charge in [-0.1, -0.05) is 44.5 Å². The first-order valence-electron chi connectivity index (χ1n) is 9.62. The van der Waals surface area contributed by atoms with Crippen molar-refractivity contribution in [1.29, 1.82) is 0 Å². The minimum absolute atomic E-state index is 0.0699. The van der Waals surface area contributed by atoms with E-state index in [1.54, 1.807) is 25.1 Å².